The maximum atomic E-state index is 12.3. The fraction of sp³-hybridized carbons (Fsp3) is 0.846. The van der Waals surface area contributed by atoms with E-state index in [2.05, 4.69) is 10.2 Å². The van der Waals surface area contributed by atoms with Crippen LogP contribution < -0.4 is 0 Å². The summed E-state index contributed by atoms with van der Waals surface area (Å²) in [7, 11) is -3.19. The number of nitrogens with zero attached hydrogens (tertiary/aromatic N) is 3. The lowest BCUT2D eigenvalue weighted by atomic mass is 10.1. The van der Waals surface area contributed by atoms with Crippen molar-refractivity contribution >= 4 is 9.84 Å². The average molecular weight is 299 g/mol. The zero-order valence-corrected chi connectivity index (χ0v) is 12.4. The quantitative estimate of drug-likeness (QED) is 0.832. The average Bonchev–Trinajstić information content (AvgIpc) is 2.82. The number of ether oxygens (including phenoxy) is 1. The number of hydrogen-bond acceptors (Lipinski definition) is 5. The van der Waals surface area contributed by atoms with Crippen LogP contribution in [0.1, 0.15) is 43.8 Å². The highest BCUT2D eigenvalue weighted by Gasteiger charge is 2.25. The highest BCUT2D eigenvalue weighted by molar-refractivity contribution is 7.90. The van der Waals surface area contributed by atoms with Gasteiger partial charge in [-0.1, -0.05) is 0 Å². The largest absolute Gasteiger partial charge is 0.377 e. The Morgan fingerprint density at radius 1 is 1.20 bits per heavy atom. The third kappa shape index (κ3) is 3.20. The molecule has 2 aliphatic rings. The molecule has 1 atom stereocenters. The van der Waals surface area contributed by atoms with Crippen molar-refractivity contribution in [3.05, 3.63) is 11.6 Å². The van der Waals surface area contributed by atoms with Gasteiger partial charge in [-0.25, -0.2) is 8.42 Å². The van der Waals surface area contributed by atoms with E-state index in [1.165, 1.54) is 0 Å². The van der Waals surface area contributed by atoms with Gasteiger partial charge in [0.05, 0.1) is 11.9 Å². The van der Waals surface area contributed by atoms with Gasteiger partial charge in [0, 0.05) is 19.6 Å². The molecule has 0 aromatic carbocycles. The molecule has 1 unspecified atom stereocenters. The van der Waals surface area contributed by atoms with Gasteiger partial charge in [-0.2, -0.15) is 0 Å². The molecule has 0 aliphatic carbocycles. The van der Waals surface area contributed by atoms with Gasteiger partial charge in [0.25, 0.3) is 0 Å². The first-order valence-corrected chi connectivity index (χ1v) is 9.19. The molecule has 3 rings (SSSR count). The smallest absolute Gasteiger partial charge is 0.160 e. The summed E-state index contributed by atoms with van der Waals surface area (Å²) in [5.41, 5.74) is 0. The molecule has 1 fully saturated rings. The highest BCUT2D eigenvalue weighted by Crippen LogP contribution is 2.19. The van der Waals surface area contributed by atoms with Gasteiger partial charge in [-0.15, -0.1) is 10.2 Å². The van der Waals surface area contributed by atoms with Gasteiger partial charge in [0.1, 0.15) is 17.4 Å². The SMILES string of the molecule is O=S(=O)(Cc1nnc2n1CCCC2)CC1CCCCO1. The lowest BCUT2D eigenvalue weighted by molar-refractivity contribution is 0.0305. The molecule has 0 amide bonds. The Labute approximate surface area is 119 Å². The zero-order chi connectivity index (χ0) is 14.0. The van der Waals surface area contributed by atoms with Crippen molar-refractivity contribution in [1.29, 1.82) is 0 Å². The Bertz CT molecular complexity index is 561. The van der Waals surface area contributed by atoms with Crippen LogP contribution in [0.2, 0.25) is 0 Å². The molecule has 1 aromatic rings. The number of rotatable bonds is 4. The summed E-state index contributed by atoms with van der Waals surface area (Å²) in [5.74, 6) is 1.61. The standard InChI is InChI=1S/C13H21N3O3S/c17-20(18,9-11-5-2-4-8-19-11)10-13-15-14-12-6-1-3-7-16(12)13/h11H,1-10H2. The van der Waals surface area contributed by atoms with Crippen LogP contribution in [-0.4, -0.2) is 41.6 Å². The van der Waals surface area contributed by atoms with E-state index >= 15 is 0 Å². The zero-order valence-electron chi connectivity index (χ0n) is 11.6. The molecule has 0 spiro atoms. The molecule has 0 N–H and O–H groups in total. The normalized spacial score (nSPS) is 23.5. The predicted molar refractivity (Wildman–Crippen MR) is 74.0 cm³/mol. The van der Waals surface area contributed by atoms with E-state index in [-0.39, 0.29) is 17.6 Å². The van der Waals surface area contributed by atoms with Gasteiger partial charge in [-0.3, -0.25) is 0 Å². The lowest BCUT2D eigenvalue weighted by Crippen LogP contribution is -2.29. The summed E-state index contributed by atoms with van der Waals surface area (Å²) in [6.07, 6.45) is 5.88. The fourth-order valence-electron chi connectivity index (χ4n) is 2.95. The molecule has 112 valence electrons. The van der Waals surface area contributed by atoms with Crippen LogP contribution in [0.5, 0.6) is 0 Å². The van der Waals surface area contributed by atoms with E-state index in [4.69, 9.17) is 4.74 Å². The van der Waals surface area contributed by atoms with Crippen LogP contribution >= 0.6 is 0 Å². The van der Waals surface area contributed by atoms with Gasteiger partial charge in [-0.05, 0) is 32.1 Å². The molecule has 0 bridgehead atoms. The Morgan fingerprint density at radius 2 is 2.10 bits per heavy atom. The minimum Gasteiger partial charge on any atom is -0.377 e. The molecule has 20 heavy (non-hydrogen) atoms. The van der Waals surface area contributed by atoms with Gasteiger partial charge < -0.3 is 9.30 Å². The van der Waals surface area contributed by atoms with Gasteiger partial charge in [0.15, 0.2) is 9.84 Å². The Kier molecular flexibility index (Phi) is 4.07. The fourth-order valence-corrected chi connectivity index (χ4v) is 4.51. The van der Waals surface area contributed by atoms with E-state index in [0.717, 1.165) is 50.9 Å². The van der Waals surface area contributed by atoms with Crippen molar-refractivity contribution in [2.75, 3.05) is 12.4 Å². The minimum atomic E-state index is -3.19. The van der Waals surface area contributed by atoms with Crippen LogP contribution in [0, 0.1) is 0 Å². The number of fused-ring (bicyclic) bond motifs is 1. The van der Waals surface area contributed by atoms with Crippen molar-refractivity contribution in [2.24, 2.45) is 0 Å². The van der Waals surface area contributed by atoms with Crippen LogP contribution in [0.15, 0.2) is 0 Å². The van der Waals surface area contributed by atoms with Crippen LogP contribution in [0.3, 0.4) is 0 Å². The first-order valence-electron chi connectivity index (χ1n) is 7.37. The summed E-state index contributed by atoms with van der Waals surface area (Å²) in [5, 5.41) is 8.17. The summed E-state index contributed by atoms with van der Waals surface area (Å²) >= 11 is 0. The lowest BCUT2D eigenvalue weighted by Gasteiger charge is -2.22. The number of hydrogen-bond donors (Lipinski definition) is 0. The third-order valence-corrected chi connectivity index (χ3v) is 5.58. The van der Waals surface area contributed by atoms with E-state index in [1.54, 1.807) is 0 Å². The van der Waals surface area contributed by atoms with E-state index in [9.17, 15) is 8.42 Å². The van der Waals surface area contributed by atoms with Crippen molar-refractivity contribution in [3.63, 3.8) is 0 Å². The van der Waals surface area contributed by atoms with Crippen molar-refractivity contribution in [3.8, 4) is 0 Å². The summed E-state index contributed by atoms with van der Waals surface area (Å²) in [4.78, 5) is 0. The number of aromatic nitrogens is 3. The maximum absolute atomic E-state index is 12.3. The maximum Gasteiger partial charge on any atom is 0.160 e. The van der Waals surface area contributed by atoms with E-state index < -0.39 is 9.84 Å². The van der Waals surface area contributed by atoms with Crippen LogP contribution in [0.4, 0.5) is 0 Å². The Balaban J connectivity index is 1.68. The molecular formula is C13H21N3O3S. The van der Waals surface area contributed by atoms with Gasteiger partial charge >= 0.3 is 0 Å². The van der Waals surface area contributed by atoms with E-state index in [0.29, 0.717) is 12.4 Å². The first-order chi connectivity index (χ1) is 9.64. The molecular weight excluding hydrogens is 278 g/mol. The molecule has 6 nitrogen and oxygen atoms in total. The molecule has 0 saturated carbocycles. The third-order valence-electron chi connectivity index (χ3n) is 4.00. The molecule has 0 radical (unpaired) electrons. The monoisotopic (exact) mass is 299 g/mol. The van der Waals surface area contributed by atoms with Crippen LogP contribution in [0.25, 0.3) is 0 Å². The molecule has 1 saturated heterocycles. The van der Waals surface area contributed by atoms with Crippen LogP contribution in [-0.2, 0) is 33.3 Å². The second-order valence-electron chi connectivity index (χ2n) is 5.68. The molecule has 1 aromatic heterocycles. The summed E-state index contributed by atoms with van der Waals surface area (Å²) in [6, 6.07) is 0. The summed E-state index contributed by atoms with van der Waals surface area (Å²) in [6.45, 7) is 1.52. The van der Waals surface area contributed by atoms with Crippen molar-refractivity contribution in [1.82, 2.24) is 14.8 Å². The number of sulfone groups is 1. The van der Waals surface area contributed by atoms with E-state index in [1.807, 2.05) is 4.57 Å². The minimum absolute atomic E-state index is 0.0140. The van der Waals surface area contributed by atoms with Crippen molar-refractivity contribution in [2.45, 2.75) is 56.9 Å². The van der Waals surface area contributed by atoms with Gasteiger partial charge in [0.2, 0.25) is 0 Å². The Hall–Kier alpha value is -0.950. The molecule has 7 heteroatoms. The number of aryl methyl sites for hydroxylation is 1. The first kappa shape index (κ1) is 14.0. The summed E-state index contributed by atoms with van der Waals surface area (Å²) < 4.78 is 32.1. The second-order valence-corrected chi connectivity index (χ2v) is 7.79. The Morgan fingerprint density at radius 3 is 2.90 bits per heavy atom. The molecule has 2 aliphatic heterocycles. The molecule has 3 heterocycles. The topological polar surface area (TPSA) is 74.1 Å². The second kappa shape index (κ2) is 5.81. The predicted octanol–water partition coefficient (Wildman–Crippen LogP) is 1.10. The highest BCUT2D eigenvalue weighted by atomic mass is 32.2. The van der Waals surface area contributed by atoms with Crippen molar-refractivity contribution < 1.29 is 13.2 Å².